The highest BCUT2D eigenvalue weighted by Gasteiger charge is 2.28. The minimum Gasteiger partial charge on any atom is -0.469 e. The van der Waals surface area contributed by atoms with E-state index in [2.05, 4.69) is 0 Å². The lowest BCUT2D eigenvalue weighted by molar-refractivity contribution is -0.123. The lowest BCUT2D eigenvalue weighted by Crippen LogP contribution is -2.41. The van der Waals surface area contributed by atoms with Crippen LogP contribution in [0.4, 0.5) is 18.0 Å². The Morgan fingerprint density at radius 1 is 1.53 bits per heavy atom. The van der Waals surface area contributed by atoms with Gasteiger partial charge in [-0.25, -0.2) is 4.79 Å². The van der Waals surface area contributed by atoms with E-state index < -0.39 is 18.8 Å². The third-order valence-electron chi connectivity index (χ3n) is 2.16. The van der Waals surface area contributed by atoms with Gasteiger partial charge in [-0.05, 0) is 13.0 Å². The molecule has 0 unspecified atom stereocenters. The van der Waals surface area contributed by atoms with E-state index >= 15 is 0 Å². The number of amides is 2. The fourth-order valence-corrected chi connectivity index (χ4v) is 1.21. The monoisotopic (exact) mass is 250 g/mol. The molecule has 0 radical (unpaired) electrons. The number of aryl methyl sites for hydroxylation is 1. The molecule has 0 aliphatic heterocycles. The van der Waals surface area contributed by atoms with E-state index in [9.17, 15) is 18.0 Å². The van der Waals surface area contributed by atoms with Crippen LogP contribution >= 0.6 is 0 Å². The molecule has 1 rings (SSSR count). The quantitative estimate of drug-likeness (QED) is 0.894. The molecule has 7 heteroatoms. The van der Waals surface area contributed by atoms with Gasteiger partial charge in [-0.3, -0.25) is 0 Å². The Hall–Kier alpha value is -1.66. The first kappa shape index (κ1) is 13.4. The van der Waals surface area contributed by atoms with E-state index in [0.717, 1.165) is 10.5 Å². The molecule has 1 aromatic rings. The molecule has 0 aromatic carbocycles. The second kappa shape index (κ2) is 5.11. The predicted octanol–water partition coefficient (Wildman–Crippen LogP) is 2.29. The standard InChI is InChI=1S/C10H13F3N2O2/c1-7-8(3-4-17-7)5-15(2)9(16)14-6-10(11,12)13/h3-4H,5-6H2,1-2H3,(H,14,16). The van der Waals surface area contributed by atoms with Crippen molar-refractivity contribution in [3.63, 3.8) is 0 Å². The number of rotatable bonds is 3. The van der Waals surface area contributed by atoms with Crippen molar-refractivity contribution in [2.75, 3.05) is 13.6 Å². The average Bonchev–Trinajstić information content (AvgIpc) is 2.59. The van der Waals surface area contributed by atoms with Crippen LogP contribution in [0.5, 0.6) is 0 Å². The van der Waals surface area contributed by atoms with Crippen LogP contribution in [0.1, 0.15) is 11.3 Å². The number of hydrogen-bond donors (Lipinski definition) is 1. The van der Waals surface area contributed by atoms with Gasteiger partial charge in [0.1, 0.15) is 12.3 Å². The molecule has 0 aliphatic rings. The minimum absolute atomic E-state index is 0.200. The number of carbonyl (C=O) groups is 1. The SMILES string of the molecule is Cc1occc1CN(C)C(=O)NCC(F)(F)F. The van der Waals surface area contributed by atoms with Gasteiger partial charge in [0.15, 0.2) is 0 Å². The first-order valence-corrected chi connectivity index (χ1v) is 4.88. The predicted molar refractivity (Wildman–Crippen MR) is 54.4 cm³/mol. The number of carbonyl (C=O) groups excluding carboxylic acids is 1. The fraction of sp³-hybridized carbons (Fsp3) is 0.500. The summed E-state index contributed by atoms with van der Waals surface area (Å²) in [5.41, 5.74) is 0.759. The molecule has 0 saturated carbocycles. The lowest BCUT2D eigenvalue weighted by Gasteiger charge is -2.18. The van der Waals surface area contributed by atoms with Crippen LogP contribution in [0.3, 0.4) is 0 Å². The molecule has 0 aliphatic carbocycles. The molecule has 17 heavy (non-hydrogen) atoms. The summed E-state index contributed by atoms with van der Waals surface area (Å²) < 4.78 is 40.6. The molecule has 0 spiro atoms. The summed E-state index contributed by atoms with van der Waals surface area (Å²) in [7, 11) is 1.41. The zero-order chi connectivity index (χ0) is 13.1. The number of hydrogen-bond acceptors (Lipinski definition) is 2. The maximum Gasteiger partial charge on any atom is 0.405 e. The summed E-state index contributed by atoms with van der Waals surface area (Å²) >= 11 is 0. The molecular weight excluding hydrogens is 237 g/mol. The van der Waals surface area contributed by atoms with Gasteiger partial charge in [-0.1, -0.05) is 0 Å². The highest BCUT2D eigenvalue weighted by Crippen LogP contribution is 2.13. The van der Waals surface area contributed by atoms with Gasteiger partial charge in [-0.15, -0.1) is 0 Å². The second-order valence-electron chi connectivity index (χ2n) is 3.63. The van der Waals surface area contributed by atoms with Crippen molar-refractivity contribution in [3.05, 3.63) is 23.7 Å². The molecule has 1 N–H and O–H groups in total. The smallest absolute Gasteiger partial charge is 0.405 e. The van der Waals surface area contributed by atoms with Crippen molar-refractivity contribution in [2.45, 2.75) is 19.6 Å². The van der Waals surface area contributed by atoms with E-state index in [4.69, 9.17) is 4.42 Å². The number of halogens is 3. The van der Waals surface area contributed by atoms with Gasteiger partial charge in [0.2, 0.25) is 0 Å². The summed E-state index contributed by atoms with van der Waals surface area (Å²) in [5, 5.41) is 1.79. The van der Waals surface area contributed by atoms with Crippen molar-refractivity contribution in [2.24, 2.45) is 0 Å². The normalized spacial score (nSPS) is 11.4. The van der Waals surface area contributed by atoms with E-state index in [1.807, 2.05) is 0 Å². The highest BCUT2D eigenvalue weighted by molar-refractivity contribution is 5.73. The molecule has 0 atom stereocenters. The van der Waals surface area contributed by atoms with E-state index in [0.29, 0.717) is 5.76 Å². The molecule has 2 amide bonds. The Morgan fingerprint density at radius 3 is 2.65 bits per heavy atom. The van der Waals surface area contributed by atoms with Crippen LogP contribution < -0.4 is 5.32 Å². The van der Waals surface area contributed by atoms with Crippen molar-refractivity contribution in [1.82, 2.24) is 10.2 Å². The lowest BCUT2D eigenvalue weighted by atomic mass is 10.2. The highest BCUT2D eigenvalue weighted by atomic mass is 19.4. The average molecular weight is 250 g/mol. The maximum atomic E-state index is 11.9. The Bertz CT molecular complexity index is 387. The summed E-state index contributed by atoms with van der Waals surface area (Å²) in [4.78, 5) is 12.5. The summed E-state index contributed by atoms with van der Waals surface area (Å²) in [6.07, 6.45) is -2.94. The summed E-state index contributed by atoms with van der Waals surface area (Å²) in [5.74, 6) is 0.639. The molecule has 0 saturated heterocycles. The maximum absolute atomic E-state index is 11.9. The Morgan fingerprint density at radius 2 is 2.18 bits per heavy atom. The third-order valence-corrected chi connectivity index (χ3v) is 2.16. The van der Waals surface area contributed by atoms with Crippen LogP contribution in [-0.2, 0) is 6.54 Å². The van der Waals surface area contributed by atoms with Crippen molar-refractivity contribution < 1.29 is 22.4 Å². The van der Waals surface area contributed by atoms with E-state index in [1.165, 1.54) is 13.3 Å². The Kier molecular flexibility index (Phi) is 4.03. The van der Waals surface area contributed by atoms with Crippen LogP contribution in [0.2, 0.25) is 0 Å². The molecule has 96 valence electrons. The number of nitrogens with one attached hydrogen (secondary N) is 1. The van der Waals surface area contributed by atoms with Crippen molar-refractivity contribution >= 4 is 6.03 Å². The number of furan rings is 1. The Labute approximate surface area is 96.4 Å². The molecule has 1 heterocycles. The topological polar surface area (TPSA) is 45.5 Å². The number of nitrogens with zero attached hydrogens (tertiary/aromatic N) is 1. The van der Waals surface area contributed by atoms with Crippen molar-refractivity contribution in [3.8, 4) is 0 Å². The third kappa shape index (κ3) is 4.38. The zero-order valence-electron chi connectivity index (χ0n) is 9.47. The van der Waals surface area contributed by atoms with Gasteiger partial charge < -0.3 is 14.6 Å². The van der Waals surface area contributed by atoms with E-state index in [-0.39, 0.29) is 6.54 Å². The van der Waals surface area contributed by atoms with Gasteiger partial charge in [-0.2, -0.15) is 13.2 Å². The molecular formula is C10H13F3N2O2. The molecule has 4 nitrogen and oxygen atoms in total. The van der Waals surface area contributed by atoms with Gasteiger partial charge in [0.05, 0.1) is 12.8 Å². The molecule has 0 fully saturated rings. The number of urea groups is 1. The minimum atomic E-state index is -4.40. The largest absolute Gasteiger partial charge is 0.469 e. The number of alkyl halides is 3. The summed E-state index contributed by atoms with van der Waals surface area (Å²) in [6.45, 7) is 0.587. The Balaban J connectivity index is 2.45. The van der Waals surface area contributed by atoms with Gasteiger partial charge >= 0.3 is 12.2 Å². The first-order valence-electron chi connectivity index (χ1n) is 4.88. The first-order chi connectivity index (χ1) is 7.79. The molecule has 0 bridgehead atoms. The van der Waals surface area contributed by atoms with Crippen LogP contribution in [0.15, 0.2) is 16.7 Å². The van der Waals surface area contributed by atoms with Gasteiger partial charge in [0, 0.05) is 12.6 Å². The van der Waals surface area contributed by atoms with E-state index in [1.54, 1.807) is 18.3 Å². The van der Waals surface area contributed by atoms with Crippen LogP contribution in [0.25, 0.3) is 0 Å². The molecule has 1 aromatic heterocycles. The van der Waals surface area contributed by atoms with Crippen molar-refractivity contribution in [1.29, 1.82) is 0 Å². The zero-order valence-corrected chi connectivity index (χ0v) is 9.47. The van der Waals surface area contributed by atoms with Crippen LogP contribution in [-0.4, -0.2) is 30.7 Å². The fourth-order valence-electron chi connectivity index (χ4n) is 1.21. The van der Waals surface area contributed by atoms with Crippen LogP contribution in [0, 0.1) is 6.92 Å². The summed E-state index contributed by atoms with van der Waals surface area (Å²) in [6, 6.07) is 0.894. The van der Waals surface area contributed by atoms with Gasteiger partial charge in [0.25, 0.3) is 0 Å². The second-order valence-corrected chi connectivity index (χ2v) is 3.63.